The van der Waals surface area contributed by atoms with Crippen LogP contribution in [-0.2, 0) is 18.3 Å². The fourth-order valence-corrected chi connectivity index (χ4v) is 3.47. The largest absolute Gasteiger partial charge is 0.478 e. The van der Waals surface area contributed by atoms with Crippen molar-refractivity contribution in [3.8, 4) is 5.88 Å². The molecule has 9 heteroatoms. The topological polar surface area (TPSA) is 94.0 Å². The molecule has 1 aliphatic carbocycles. The fraction of sp³-hybridized carbons (Fsp3) is 0.238. The molecule has 8 nitrogen and oxygen atoms in total. The van der Waals surface area contributed by atoms with Crippen LogP contribution in [0, 0.1) is 0 Å². The van der Waals surface area contributed by atoms with Crippen molar-refractivity contribution in [2.45, 2.75) is 18.2 Å². The van der Waals surface area contributed by atoms with E-state index >= 15 is 0 Å². The molecular weight excluding hydrogens is 448 g/mol. The lowest BCUT2D eigenvalue weighted by atomic mass is 10.0. The van der Waals surface area contributed by atoms with Crippen LogP contribution in [0.3, 0.4) is 0 Å². The van der Waals surface area contributed by atoms with E-state index < -0.39 is 0 Å². The highest BCUT2D eigenvalue weighted by atomic mass is 79.9. The van der Waals surface area contributed by atoms with Gasteiger partial charge in [-0.25, -0.2) is 9.97 Å². The van der Waals surface area contributed by atoms with Crippen molar-refractivity contribution in [3.05, 3.63) is 59.6 Å². The van der Waals surface area contributed by atoms with Crippen LogP contribution < -0.4 is 15.4 Å². The Morgan fingerprint density at radius 1 is 1.30 bits per heavy atom. The van der Waals surface area contributed by atoms with Gasteiger partial charge in [-0.1, -0.05) is 34.1 Å². The predicted octanol–water partition coefficient (Wildman–Crippen LogP) is 3.67. The van der Waals surface area contributed by atoms with Crippen molar-refractivity contribution >= 4 is 44.7 Å². The lowest BCUT2D eigenvalue weighted by Gasteiger charge is -2.13. The molecule has 2 heterocycles. The van der Waals surface area contributed by atoms with Crippen LogP contribution >= 0.6 is 15.9 Å². The van der Waals surface area contributed by atoms with Gasteiger partial charge < -0.3 is 15.4 Å². The first kappa shape index (κ1) is 20.1. The van der Waals surface area contributed by atoms with E-state index in [1.165, 1.54) is 0 Å². The second-order valence-electron chi connectivity index (χ2n) is 6.88. The van der Waals surface area contributed by atoms with E-state index in [0.29, 0.717) is 17.5 Å². The maximum atomic E-state index is 12.1. The number of alkyl halides is 1. The molecule has 1 aromatic carbocycles. The number of hydrogen-bond acceptors (Lipinski definition) is 6. The summed E-state index contributed by atoms with van der Waals surface area (Å²) in [6.45, 7) is 1.80. The second-order valence-corrected chi connectivity index (χ2v) is 8.25. The number of amides is 1. The molecule has 2 N–H and O–H groups in total. The van der Waals surface area contributed by atoms with Crippen LogP contribution in [0.1, 0.15) is 23.7 Å². The molecule has 0 radical (unpaired) electrons. The lowest BCUT2D eigenvalue weighted by Crippen LogP contribution is -2.20. The van der Waals surface area contributed by atoms with Gasteiger partial charge in [0.2, 0.25) is 11.9 Å². The Morgan fingerprint density at radius 3 is 2.90 bits per heavy atom. The molecule has 0 spiro atoms. The summed E-state index contributed by atoms with van der Waals surface area (Å²) in [6, 6.07) is 7.77. The number of nitrogens with one attached hydrogen (secondary N) is 2. The van der Waals surface area contributed by atoms with E-state index in [2.05, 4.69) is 47.7 Å². The highest BCUT2D eigenvalue weighted by Gasteiger charge is 2.21. The van der Waals surface area contributed by atoms with Crippen molar-refractivity contribution in [2.75, 3.05) is 17.7 Å². The van der Waals surface area contributed by atoms with Gasteiger partial charge in [0.1, 0.15) is 5.69 Å². The van der Waals surface area contributed by atoms with Gasteiger partial charge in [-0.05, 0) is 36.6 Å². The SMILES string of the molecule is COc1nn(C)cc1Nc1nccc(C2=CCc3c(NC(=O)[C@H](C)Br)cccc32)n1. The molecule has 0 aliphatic heterocycles. The minimum absolute atomic E-state index is 0.0733. The highest BCUT2D eigenvalue weighted by molar-refractivity contribution is 9.10. The smallest absolute Gasteiger partial charge is 0.256 e. The van der Waals surface area contributed by atoms with E-state index in [-0.39, 0.29) is 10.7 Å². The summed E-state index contributed by atoms with van der Waals surface area (Å²) in [5.74, 6) is 0.847. The average Bonchev–Trinajstić information content (AvgIpc) is 3.31. The molecule has 3 aromatic rings. The zero-order valence-electron chi connectivity index (χ0n) is 16.8. The molecular formula is C21H21BrN6O2. The van der Waals surface area contributed by atoms with Crippen LogP contribution in [0.4, 0.5) is 17.3 Å². The number of allylic oxidation sites excluding steroid dienone is 1. The summed E-state index contributed by atoms with van der Waals surface area (Å²) in [6.07, 6.45) is 6.36. The molecule has 30 heavy (non-hydrogen) atoms. The monoisotopic (exact) mass is 468 g/mol. The normalized spacial score (nSPS) is 13.4. The first-order valence-corrected chi connectivity index (χ1v) is 10.3. The number of halogens is 1. The van der Waals surface area contributed by atoms with Gasteiger partial charge in [0.05, 0.1) is 23.8 Å². The molecule has 154 valence electrons. The number of ether oxygens (including phenoxy) is 1. The second kappa shape index (κ2) is 8.27. The molecule has 0 saturated carbocycles. The Bertz CT molecular complexity index is 1140. The zero-order chi connectivity index (χ0) is 21.3. The number of fused-ring (bicyclic) bond motifs is 1. The Labute approximate surface area is 182 Å². The molecule has 0 saturated heterocycles. The van der Waals surface area contributed by atoms with Crippen molar-refractivity contribution in [1.29, 1.82) is 0 Å². The molecule has 0 bridgehead atoms. The van der Waals surface area contributed by atoms with Gasteiger partial charge >= 0.3 is 0 Å². The van der Waals surface area contributed by atoms with Gasteiger partial charge in [-0.3, -0.25) is 9.48 Å². The summed E-state index contributed by atoms with van der Waals surface area (Å²) >= 11 is 3.31. The van der Waals surface area contributed by atoms with E-state index in [4.69, 9.17) is 4.74 Å². The Kier molecular flexibility index (Phi) is 5.54. The number of methoxy groups -OCH3 is 1. The van der Waals surface area contributed by atoms with Crippen LogP contribution in [0.5, 0.6) is 5.88 Å². The Hall–Kier alpha value is -3.20. The van der Waals surface area contributed by atoms with Crippen LogP contribution in [0.2, 0.25) is 0 Å². The third kappa shape index (κ3) is 3.93. The Balaban J connectivity index is 1.61. The van der Waals surface area contributed by atoms with Crippen LogP contribution in [0.15, 0.2) is 42.7 Å². The summed E-state index contributed by atoms with van der Waals surface area (Å²) in [5.41, 5.74) is 5.45. The van der Waals surface area contributed by atoms with Gasteiger partial charge in [0.25, 0.3) is 5.88 Å². The highest BCUT2D eigenvalue weighted by Crippen LogP contribution is 2.36. The predicted molar refractivity (Wildman–Crippen MR) is 119 cm³/mol. The van der Waals surface area contributed by atoms with E-state index in [1.54, 1.807) is 31.1 Å². The molecule has 1 atom stereocenters. The maximum absolute atomic E-state index is 12.1. The zero-order valence-corrected chi connectivity index (χ0v) is 18.4. The summed E-state index contributed by atoms with van der Waals surface area (Å²) in [5, 5.41) is 10.4. The standard InChI is InChI=1S/C21H21BrN6O2/c1-12(22)19(29)24-16-6-4-5-13-14(16)7-8-15(13)17-9-10-23-21(25-17)26-18-11-28(2)27-20(18)30-3/h4-6,8-12H,7H2,1-3H3,(H,24,29)(H,23,25,26)/t12-/m0/s1. The van der Waals surface area contributed by atoms with Crippen LogP contribution in [-0.4, -0.2) is 37.6 Å². The summed E-state index contributed by atoms with van der Waals surface area (Å²) in [7, 11) is 3.38. The number of aryl methyl sites for hydroxylation is 1. The fourth-order valence-electron chi connectivity index (χ4n) is 3.36. The third-order valence-corrected chi connectivity index (χ3v) is 5.18. The molecule has 0 fully saturated rings. The maximum Gasteiger partial charge on any atom is 0.256 e. The van der Waals surface area contributed by atoms with E-state index in [9.17, 15) is 4.79 Å². The van der Waals surface area contributed by atoms with Crippen molar-refractivity contribution in [1.82, 2.24) is 19.7 Å². The number of carbonyl (C=O) groups is 1. The summed E-state index contributed by atoms with van der Waals surface area (Å²) in [4.78, 5) is 20.8. The van der Waals surface area contributed by atoms with Gasteiger partial charge in [0, 0.05) is 24.5 Å². The average molecular weight is 469 g/mol. The quantitative estimate of drug-likeness (QED) is 0.536. The van der Waals surface area contributed by atoms with Crippen LogP contribution in [0.25, 0.3) is 5.57 Å². The van der Waals surface area contributed by atoms with Crippen molar-refractivity contribution < 1.29 is 9.53 Å². The first-order chi connectivity index (χ1) is 14.5. The number of anilines is 3. The van der Waals surface area contributed by atoms with Crippen molar-refractivity contribution in [2.24, 2.45) is 7.05 Å². The molecule has 4 rings (SSSR count). The Morgan fingerprint density at radius 2 is 2.13 bits per heavy atom. The summed E-state index contributed by atoms with van der Waals surface area (Å²) < 4.78 is 6.93. The number of rotatable bonds is 6. The van der Waals surface area contributed by atoms with Gasteiger partial charge in [-0.15, -0.1) is 5.10 Å². The number of carbonyl (C=O) groups excluding carboxylic acids is 1. The minimum atomic E-state index is -0.262. The van der Waals surface area contributed by atoms with E-state index in [0.717, 1.165) is 34.5 Å². The number of benzene rings is 1. The molecule has 1 aliphatic rings. The lowest BCUT2D eigenvalue weighted by molar-refractivity contribution is -0.115. The van der Waals surface area contributed by atoms with Gasteiger partial charge in [0.15, 0.2) is 0 Å². The van der Waals surface area contributed by atoms with Crippen molar-refractivity contribution in [3.63, 3.8) is 0 Å². The molecule has 2 aromatic heterocycles. The number of nitrogens with zero attached hydrogens (tertiary/aromatic N) is 4. The molecule has 0 unspecified atom stereocenters. The molecule has 1 amide bonds. The number of aromatic nitrogens is 4. The minimum Gasteiger partial charge on any atom is -0.478 e. The van der Waals surface area contributed by atoms with Gasteiger partial charge in [-0.2, -0.15) is 0 Å². The third-order valence-electron chi connectivity index (χ3n) is 4.76. The number of hydrogen-bond donors (Lipinski definition) is 2. The van der Waals surface area contributed by atoms with E-state index in [1.807, 2.05) is 31.3 Å². The first-order valence-electron chi connectivity index (χ1n) is 9.41.